The molecule has 158 valence electrons. The van der Waals surface area contributed by atoms with Gasteiger partial charge in [0.2, 0.25) is 0 Å². The van der Waals surface area contributed by atoms with Gasteiger partial charge in [-0.05, 0) is 54.3 Å². The minimum Gasteiger partial charge on any atom is -0.367 e. The minimum absolute atomic E-state index is 0.170. The summed E-state index contributed by atoms with van der Waals surface area (Å²) in [6, 6.07) is 13.3. The van der Waals surface area contributed by atoms with Crippen LogP contribution in [0.3, 0.4) is 0 Å². The van der Waals surface area contributed by atoms with Crippen molar-refractivity contribution in [2.24, 2.45) is 7.05 Å². The number of aromatic nitrogens is 5. The van der Waals surface area contributed by atoms with Crippen molar-refractivity contribution in [2.45, 2.75) is 6.92 Å². The van der Waals surface area contributed by atoms with Crippen molar-refractivity contribution in [3.8, 4) is 10.6 Å². The molecule has 1 amide bonds. The van der Waals surface area contributed by atoms with E-state index >= 15 is 0 Å². The zero-order chi connectivity index (χ0) is 21.6. The molecule has 4 rings (SSSR count). The number of carbonyl (C=O) groups is 1. The van der Waals surface area contributed by atoms with E-state index < -0.39 is 0 Å². The Morgan fingerprint density at radius 3 is 2.65 bits per heavy atom. The van der Waals surface area contributed by atoms with E-state index in [-0.39, 0.29) is 5.91 Å². The predicted molar refractivity (Wildman–Crippen MR) is 122 cm³/mol. The van der Waals surface area contributed by atoms with Gasteiger partial charge in [0.15, 0.2) is 5.82 Å². The molecule has 31 heavy (non-hydrogen) atoms. The van der Waals surface area contributed by atoms with Gasteiger partial charge in [0.25, 0.3) is 5.91 Å². The van der Waals surface area contributed by atoms with Gasteiger partial charge in [-0.3, -0.25) is 9.48 Å². The maximum Gasteiger partial charge on any atom is 0.269 e. The number of anilines is 3. The van der Waals surface area contributed by atoms with Gasteiger partial charge in [0.1, 0.15) is 23.0 Å². The van der Waals surface area contributed by atoms with Gasteiger partial charge < -0.3 is 16.0 Å². The lowest BCUT2D eigenvalue weighted by Crippen LogP contribution is -2.30. The van der Waals surface area contributed by atoms with Gasteiger partial charge >= 0.3 is 0 Å². The van der Waals surface area contributed by atoms with Crippen LogP contribution in [0.25, 0.3) is 10.6 Å². The summed E-state index contributed by atoms with van der Waals surface area (Å²) in [5.41, 5.74) is 2.42. The van der Waals surface area contributed by atoms with Crippen LogP contribution in [-0.4, -0.2) is 44.0 Å². The second-order valence-corrected chi connectivity index (χ2v) is 7.79. The number of pyridine rings is 1. The largest absolute Gasteiger partial charge is 0.367 e. The molecule has 4 aromatic heterocycles. The van der Waals surface area contributed by atoms with E-state index in [0.717, 1.165) is 22.0 Å². The van der Waals surface area contributed by atoms with Gasteiger partial charge in [-0.25, -0.2) is 4.98 Å². The summed E-state index contributed by atoms with van der Waals surface area (Å²) >= 11 is 1.59. The summed E-state index contributed by atoms with van der Waals surface area (Å²) in [5, 5.41) is 23.8. The molecule has 10 heteroatoms. The number of thiophene rings is 1. The van der Waals surface area contributed by atoms with Crippen molar-refractivity contribution < 1.29 is 4.79 Å². The lowest BCUT2D eigenvalue weighted by molar-refractivity contribution is 0.0946. The molecule has 0 unspecified atom stereocenters. The molecule has 0 aliphatic heterocycles. The Hall–Kier alpha value is -3.79. The van der Waals surface area contributed by atoms with Gasteiger partial charge in [0.05, 0.1) is 4.88 Å². The van der Waals surface area contributed by atoms with Crippen molar-refractivity contribution in [1.82, 2.24) is 30.3 Å². The number of amides is 1. The van der Waals surface area contributed by atoms with Crippen molar-refractivity contribution in [1.29, 1.82) is 0 Å². The average Bonchev–Trinajstić information content (AvgIpc) is 3.42. The summed E-state index contributed by atoms with van der Waals surface area (Å²) < 4.78 is 1.60. The maximum absolute atomic E-state index is 12.5. The highest BCUT2D eigenvalue weighted by Crippen LogP contribution is 2.23. The summed E-state index contributed by atoms with van der Waals surface area (Å²) in [5.74, 6) is 1.78. The number of nitrogens with zero attached hydrogens (tertiary/aromatic N) is 5. The van der Waals surface area contributed by atoms with Crippen LogP contribution in [0.4, 0.5) is 17.5 Å². The standard InChI is InChI=1S/C21H22N8OS/c1-14-7-8-22-20(12-14)25-19-6-5-18(26-27-19)23-9-10-24-21(30)16-13-15(28-29(16)2)17-4-3-11-31-17/h3-8,11-13H,9-10H2,1-2H3,(H,23,26)(H,24,30)(H,22,25,27). The molecule has 0 spiro atoms. The number of aryl methyl sites for hydroxylation is 2. The van der Waals surface area contributed by atoms with Crippen LogP contribution in [0.1, 0.15) is 16.1 Å². The monoisotopic (exact) mass is 434 g/mol. The smallest absolute Gasteiger partial charge is 0.269 e. The highest BCUT2D eigenvalue weighted by molar-refractivity contribution is 7.13. The Bertz CT molecular complexity index is 1150. The Morgan fingerprint density at radius 2 is 1.90 bits per heavy atom. The molecule has 0 aromatic carbocycles. The van der Waals surface area contributed by atoms with Gasteiger partial charge in [0, 0.05) is 26.3 Å². The number of carbonyl (C=O) groups excluding carboxylic acids is 1. The molecule has 0 aliphatic carbocycles. The molecule has 0 saturated carbocycles. The minimum atomic E-state index is -0.170. The third-order valence-electron chi connectivity index (χ3n) is 4.44. The Balaban J connectivity index is 1.25. The lowest BCUT2D eigenvalue weighted by Gasteiger charge is -2.08. The molecule has 0 radical (unpaired) electrons. The van der Waals surface area contributed by atoms with Crippen LogP contribution in [0, 0.1) is 6.92 Å². The molecule has 4 heterocycles. The van der Waals surface area contributed by atoms with E-state index in [2.05, 4.69) is 36.2 Å². The number of hydrogen-bond acceptors (Lipinski definition) is 8. The lowest BCUT2D eigenvalue weighted by atomic mass is 10.3. The Kier molecular flexibility index (Phi) is 6.18. The molecular weight excluding hydrogens is 412 g/mol. The summed E-state index contributed by atoms with van der Waals surface area (Å²) in [6.45, 7) is 2.96. The van der Waals surface area contributed by atoms with E-state index in [1.54, 1.807) is 35.3 Å². The van der Waals surface area contributed by atoms with E-state index in [4.69, 9.17) is 0 Å². The first kappa shape index (κ1) is 20.5. The van der Waals surface area contributed by atoms with Crippen molar-refractivity contribution in [3.63, 3.8) is 0 Å². The van der Waals surface area contributed by atoms with Gasteiger partial charge in [-0.15, -0.1) is 21.5 Å². The molecule has 0 fully saturated rings. The second kappa shape index (κ2) is 9.35. The summed E-state index contributed by atoms with van der Waals surface area (Å²) in [7, 11) is 1.77. The van der Waals surface area contributed by atoms with Crippen molar-refractivity contribution in [2.75, 3.05) is 23.7 Å². The van der Waals surface area contributed by atoms with Crippen LogP contribution in [0.2, 0.25) is 0 Å². The highest BCUT2D eigenvalue weighted by Gasteiger charge is 2.14. The number of hydrogen-bond donors (Lipinski definition) is 3. The van der Waals surface area contributed by atoms with E-state index in [9.17, 15) is 4.79 Å². The van der Waals surface area contributed by atoms with Crippen molar-refractivity contribution >= 4 is 34.7 Å². The third-order valence-corrected chi connectivity index (χ3v) is 5.33. The predicted octanol–water partition coefficient (Wildman–Crippen LogP) is 3.23. The van der Waals surface area contributed by atoms with E-state index in [0.29, 0.717) is 30.4 Å². The molecule has 4 aromatic rings. The molecule has 9 nitrogen and oxygen atoms in total. The number of rotatable bonds is 8. The molecule has 0 atom stereocenters. The Labute approximate surface area is 183 Å². The molecule has 3 N–H and O–H groups in total. The van der Waals surface area contributed by atoms with E-state index in [1.165, 1.54) is 0 Å². The summed E-state index contributed by atoms with van der Waals surface area (Å²) in [6.07, 6.45) is 1.74. The zero-order valence-corrected chi connectivity index (χ0v) is 18.0. The van der Waals surface area contributed by atoms with Crippen LogP contribution in [0.15, 0.2) is 54.0 Å². The zero-order valence-electron chi connectivity index (χ0n) is 17.2. The fourth-order valence-corrected chi connectivity index (χ4v) is 3.59. The average molecular weight is 435 g/mol. The third kappa shape index (κ3) is 5.23. The quantitative estimate of drug-likeness (QED) is 0.365. The molecule has 0 bridgehead atoms. The number of nitrogens with one attached hydrogen (secondary N) is 3. The van der Waals surface area contributed by atoms with Crippen LogP contribution in [-0.2, 0) is 7.05 Å². The van der Waals surface area contributed by atoms with Crippen LogP contribution < -0.4 is 16.0 Å². The second-order valence-electron chi connectivity index (χ2n) is 6.85. The fourth-order valence-electron chi connectivity index (χ4n) is 2.91. The van der Waals surface area contributed by atoms with Crippen molar-refractivity contribution in [3.05, 3.63) is 65.3 Å². The first-order valence-electron chi connectivity index (χ1n) is 9.72. The highest BCUT2D eigenvalue weighted by atomic mass is 32.1. The molecule has 0 aliphatic rings. The SMILES string of the molecule is Cc1ccnc(Nc2ccc(NCCNC(=O)c3cc(-c4cccs4)nn3C)nn2)c1. The summed E-state index contributed by atoms with van der Waals surface area (Å²) in [4.78, 5) is 17.7. The maximum atomic E-state index is 12.5. The fraction of sp³-hybridized carbons (Fsp3) is 0.190. The van der Waals surface area contributed by atoms with Gasteiger partial charge in [-0.1, -0.05) is 6.07 Å². The molecule has 0 saturated heterocycles. The first-order valence-corrected chi connectivity index (χ1v) is 10.6. The Morgan fingerprint density at radius 1 is 1.06 bits per heavy atom. The van der Waals surface area contributed by atoms with Crippen LogP contribution >= 0.6 is 11.3 Å². The first-order chi connectivity index (χ1) is 15.1. The van der Waals surface area contributed by atoms with Crippen LogP contribution in [0.5, 0.6) is 0 Å². The van der Waals surface area contributed by atoms with E-state index in [1.807, 2.05) is 48.7 Å². The normalized spacial score (nSPS) is 10.6. The van der Waals surface area contributed by atoms with Gasteiger partial charge in [-0.2, -0.15) is 5.10 Å². The topological polar surface area (TPSA) is 110 Å². The molecular formula is C21H22N8OS.